The van der Waals surface area contributed by atoms with Gasteiger partial charge in [-0.25, -0.2) is 0 Å². The van der Waals surface area contributed by atoms with Crippen LogP contribution in [0.1, 0.15) is 26.7 Å². The van der Waals surface area contributed by atoms with Crippen molar-refractivity contribution in [2.24, 2.45) is 5.92 Å². The Morgan fingerprint density at radius 2 is 1.71 bits per heavy atom. The molecule has 0 aromatic heterocycles. The maximum atomic E-state index is 12.4. The molecule has 17 heavy (non-hydrogen) atoms. The van der Waals surface area contributed by atoms with Crippen LogP contribution in [0.4, 0.5) is 13.2 Å². The van der Waals surface area contributed by atoms with E-state index in [-0.39, 0.29) is 32.0 Å². The molecule has 1 aliphatic heterocycles. The predicted molar refractivity (Wildman–Crippen MR) is 57.5 cm³/mol. The molecule has 0 amide bonds. The third-order valence-electron chi connectivity index (χ3n) is 2.64. The van der Waals surface area contributed by atoms with E-state index in [0.717, 1.165) is 4.31 Å². The summed E-state index contributed by atoms with van der Waals surface area (Å²) in [5, 5.41) is 0. The lowest BCUT2D eigenvalue weighted by Gasteiger charge is -2.32. The highest BCUT2D eigenvalue weighted by molar-refractivity contribution is 7.87. The number of hydrogen-bond acceptors (Lipinski definition) is 2. The van der Waals surface area contributed by atoms with E-state index in [1.54, 1.807) is 13.8 Å². The number of alkyl halides is 3. The van der Waals surface area contributed by atoms with Crippen molar-refractivity contribution >= 4 is 10.2 Å². The number of piperidine rings is 1. The SMILES string of the molecule is CC(C)NS(=O)(=O)N1CCC(C(F)(F)F)CC1. The van der Waals surface area contributed by atoms with Crippen LogP contribution >= 0.6 is 0 Å². The van der Waals surface area contributed by atoms with Gasteiger partial charge in [-0.05, 0) is 26.7 Å². The molecule has 0 bridgehead atoms. The second-order valence-electron chi connectivity index (χ2n) is 4.49. The van der Waals surface area contributed by atoms with Crippen molar-refractivity contribution in [2.45, 2.75) is 38.9 Å². The first-order valence-corrected chi connectivity index (χ1v) is 6.91. The Balaban J connectivity index is 2.58. The third-order valence-corrected chi connectivity index (χ3v) is 4.46. The zero-order valence-electron chi connectivity index (χ0n) is 9.79. The summed E-state index contributed by atoms with van der Waals surface area (Å²) in [5.41, 5.74) is 0. The van der Waals surface area contributed by atoms with E-state index in [0.29, 0.717) is 0 Å². The molecular weight excluding hydrogens is 257 g/mol. The standard InChI is InChI=1S/C9H17F3N2O2S/c1-7(2)13-17(15,16)14-5-3-8(4-6-14)9(10,11)12/h7-8,13H,3-6H2,1-2H3. The summed E-state index contributed by atoms with van der Waals surface area (Å²) in [6.07, 6.45) is -4.55. The van der Waals surface area contributed by atoms with Gasteiger partial charge in [-0.1, -0.05) is 0 Å². The molecule has 1 rings (SSSR count). The zero-order valence-corrected chi connectivity index (χ0v) is 10.6. The fourth-order valence-electron chi connectivity index (χ4n) is 1.80. The molecule has 1 heterocycles. The van der Waals surface area contributed by atoms with Gasteiger partial charge in [0.25, 0.3) is 10.2 Å². The Kier molecular flexibility index (Phi) is 4.43. The molecule has 1 N–H and O–H groups in total. The van der Waals surface area contributed by atoms with Crippen LogP contribution in [0.2, 0.25) is 0 Å². The smallest absolute Gasteiger partial charge is 0.200 e. The lowest BCUT2D eigenvalue weighted by Crippen LogP contribution is -2.48. The molecule has 1 saturated heterocycles. The van der Waals surface area contributed by atoms with Crippen LogP contribution in [0.3, 0.4) is 0 Å². The number of nitrogens with one attached hydrogen (secondary N) is 1. The highest BCUT2D eigenvalue weighted by atomic mass is 32.2. The summed E-state index contributed by atoms with van der Waals surface area (Å²) >= 11 is 0. The average molecular weight is 274 g/mol. The van der Waals surface area contributed by atoms with Crippen molar-refractivity contribution in [3.63, 3.8) is 0 Å². The van der Waals surface area contributed by atoms with E-state index < -0.39 is 22.3 Å². The van der Waals surface area contributed by atoms with Crippen LogP contribution in [-0.2, 0) is 10.2 Å². The molecular formula is C9H17F3N2O2S. The van der Waals surface area contributed by atoms with Crippen LogP contribution in [0, 0.1) is 5.92 Å². The maximum absolute atomic E-state index is 12.4. The van der Waals surface area contributed by atoms with Gasteiger partial charge in [0.1, 0.15) is 0 Å². The van der Waals surface area contributed by atoms with Crippen molar-refractivity contribution in [1.82, 2.24) is 9.03 Å². The fraction of sp³-hybridized carbons (Fsp3) is 1.00. The molecule has 0 atom stereocenters. The van der Waals surface area contributed by atoms with Gasteiger partial charge in [0.15, 0.2) is 0 Å². The van der Waals surface area contributed by atoms with E-state index >= 15 is 0 Å². The number of nitrogens with zero attached hydrogens (tertiary/aromatic N) is 1. The molecule has 0 aromatic rings. The Morgan fingerprint density at radius 3 is 2.06 bits per heavy atom. The topological polar surface area (TPSA) is 49.4 Å². The monoisotopic (exact) mass is 274 g/mol. The van der Waals surface area contributed by atoms with Crippen LogP contribution < -0.4 is 4.72 Å². The molecule has 4 nitrogen and oxygen atoms in total. The quantitative estimate of drug-likeness (QED) is 0.848. The molecule has 0 saturated carbocycles. The first kappa shape index (κ1) is 14.7. The van der Waals surface area contributed by atoms with Gasteiger partial charge < -0.3 is 0 Å². The lowest BCUT2D eigenvalue weighted by molar-refractivity contribution is -0.182. The molecule has 1 aliphatic rings. The molecule has 0 aliphatic carbocycles. The van der Waals surface area contributed by atoms with E-state index in [1.807, 2.05) is 0 Å². The van der Waals surface area contributed by atoms with Crippen LogP contribution in [0.5, 0.6) is 0 Å². The minimum Gasteiger partial charge on any atom is -0.200 e. The van der Waals surface area contributed by atoms with E-state index in [1.165, 1.54) is 0 Å². The molecule has 8 heteroatoms. The lowest BCUT2D eigenvalue weighted by atomic mass is 9.98. The summed E-state index contributed by atoms with van der Waals surface area (Å²) < 4.78 is 64.0. The molecule has 1 fully saturated rings. The van der Waals surface area contributed by atoms with Gasteiger partial charge in [-0.15, -0.1) is 0 Å². The van der Waals surface area contributed by atoms with Crippen molar-refractivity contribution in [2.75, 3.05) is 13.1 Å². The van der Waals surface area contributed by atoms with Gasteiger partial charge >= 0.3 is 6.18 Å². The summed E-state index contributed by atoms with van der Waals surface area (Å²) in [4.78, 5) is 0. The van der Waals surface area contributed by atoms with Gasteiger partial charge in [-0.3, -0.25) is 0 Å². The van der Waals surface area contributed by atoms with Gasteiger partial charge in [0, 0.05) is 19.1 Å². The number of hydrogen-bond donors (Lipinski definition) is 1. The molecule has 0 unspecified atom stereocenters. The zero-order chi connectivity index (χ0) is 13.3. The van der Waals surface area contributed by atoms with E-state index in [2.05, 4.69) is 4.72 Å². The van der Waals surface area contributed by atoms with Crippen molar-refractivity contribution in [3.05, 3.63) is 0 Å². The maximum Gasteiger partial charge on any atom is 0.391 e. The second-order valence-corrected chi connectivity index (χ2v) is 6.19. The molecule has 0 spiro atoms. The first-order chi connectivity index (χ1) is 7.63. The predicted octanol–water partition coefficient (Wildman–Crippen LogP) is 1.50. The summed E-state index contributed by atoms with van der Waals surface area (Å²) in [6.45, 7) is 3.18. The average Bonchev–Trinajstić information content (AvgIpc) is 2.14. The summed E-state index contributed by atoms with van der Waals surface area (Å²) in [6, 6.07) is -0.264. The normalized spacial score (nSPS) is 21.1. The van der Waals surface area contributed by atoms with Crippen molar-refractivity contribution in [3.8, 4) is 0 Å². The van der Waals surface area contributed by atoms with E-state index in [4.69, 9.17) is 0 Å². The van der Waals surface area contributed by atoms with Gasteiger partial charge in [0.05, 0.1) is 5.92 Å². The van der Waals surface area contributed by atoms with Crippen LogP contribution in [-0.4, -0.2) is 38.0 Å². The highest BCUT2D eigenvalue weighted by Gasteiger charge is 2.42. The van der Waals surface area contributed by atoms with Crippen LogP contribution in [0.25, 0.3) is 0 Å². The minimum absolute atomic E-state index is 0.0772. The highest BCUT2D eigenvalue weighted by Crippen LogP contribution is 2.34. The molecule has 0 aromatic carbocycles. The molecule has 102 valence electrons. The Bertz CT molecular complexity index is 346. The fourth-order valence-corrected chi connectivity index (χ4v) is 3.23. The summed E-state index contributed by atoms with van der Waals surface area (Å²) in [5.74, 6) is -1.38. The van der Waals surface area contributed by atoms with E-state index in [9.17, 15) is 21.6 Å². The molecule has 0 radical (unpaired) electrons. The first-order valence-electron chi connectivity index (χ1n) is 5.47. The summed E-state index contributed by atoms with van der Waals surface area (Å²) in [7, 11) is -3.64. The second kappa shape index (κ2) is 5.11. The number of rotatable bonds is 3. The van der Waals surface area contributed by atoms with Crippen LogP contribution in [0.15, 0.2) is 0 Å². The third kappa shape index (κ3) is 4.11. The number of halogens is 3. The van der Waals surface area contributed by atoms with Gasteiger partial charge in [0.2, 0.25) is 0 Å². The van der Waals surface area contributed by atoms with Crippen molar-refractivity contribution in [1.29, 1.82) is 0 Å². The largest absolute Gasteiger partial charge is 0.391 e. The van der Waals surface area contributed by atoms with Crippen molar-refractivity contribution < 1.29 is 21.6 Å². The Morgan fingerprint density at radius 1 is 1.24 bits per heavy atom. The van der Waals surface area contributed by atoms with Gasteiger partial charge in [-0.2, -0.15) is 30.6 Å². The minimum atomic E-state index is -4.22. The Hall–Kier alpha value is -0.340. The Labute approximate surface area is 99.4 Å².